The van der Waals surface area contributed by atoms with E-state index in [1.807, 2.05) is 20.8 Å². The fourth-order valence-electron chi connectivity index (χ4n) is 3.81. The topological polar surface area (TPSA) is 86.8 Å². The summed E-state index contributed by atoms with van der Waals surface area (Å²) in [6.45, 7) is 6.32. The van der Waals surface area contributed by atoms with Crippen molar-refractivity contribution in [1.82, 2.24) is 10.2 Å². The van der Waals surface area contributed by atoms with Crippen molar-refractivity contribution in [2.24, 2.45) is 0 Å². The van der Waals surface area contributed by atoms with Gasteiger partial charge in [0.25, 0.3) is 10.0 Å². The van der Waals surface area contributed by atoms with E-state index < -0.39 is 40.0 Å². The number of benzene rings is 3. The normalized spacial score (nSPS) is 12.5. The molecule has 0 aliphatic carbocycles. The Bertz CT molecular complexity index is 1500. The molecule has 0 fully saturated rings. The zero-order valence-electron chi connectivity index (χ0n) is 22.3. The maximum Gasteiger partial charge on any atom is 0.264 e. The fraction of sp³-hybridized carbons (Fsp3) is 0.286. The molecule has 0 heterocycles. The summed E-state index contributed by atoms with van der Waals surface area (Å²) in [6, 6.07) is 16.0. The molecule has 0 unspecified atom stereocenters. The number of hydrogen-bond acceptors (Lipinski definition) is 4. The van der Waals surface area contributed by atoms with Gasteiger partial charge < -0.3 is 10.2 Å². The predicted molar refractivity (Wildman–Crippen MR) is 162 cm³/mol. The third-order valence-corrected chi connectivity index (χ3v) is 9.13. The first kappa shape index (κ1) is 32.0. The van der Waals surface area contributed by atoms with Crippen molar-refractivity contribution >= 4 is 73.9 Å². The molecule has 7 nitrogen and oxygen atoms in total. The van der Waals surface area contributed by atoms with Crippen molar-refractivity contribution in [2.45, 2.75) is 50.7 Å². The Morgan fingerprint density at radius 2 is 1.52 bits per heavy atom. The number of sulfonamides is 1. The van der Waals surface area contributed by atoms with Gasteiger partial charge in [0, 0.05) is 12.1 Å². The minimum absolute atomic E-state index is 0.0210. The van der Waals surface area contributed by atoms with Gasteiger partial charge >= 0.3 is 0 Å². The molecule has 3 aromatic carbocycles. The number of halogens is 4. The largest absolute Gasteiger partial charge is 0.350 e. The number of anilines is 1. The number of amides is 2. The molecule has 12 heteroatoms. The molecule has 0 saturated heterocycles. The molecule has 3 aromatic rings. The summed E-state index contributed by atoms with van der Waals surface area (Å²) in [5.74, 6) is -1.07. The molecule has 0 radical (unpaired) electrons. The van der Waals surface area contributed by atoms with Crippen LogP contribution in [0, 0.1) is 0 Å². The maximum atomic E-state index is 14.0. The van der Waals surface area contributed by atoms with E-state index in [0.717, 1.165) is 4.31 Å². The van der Waals surface area contributed by atoms with Gasteiger partial charge in [0.2, 0.25) is 11.8 Å². The zero-order valence-corrected chi connectivity index (χ0v) is 26.1. The lowest BCUT2D eigenvalue weighted by molar-refractivity contribution is -0.140. The van der Waals surface area contributed by atoms with Crippen LogP contribution in [0.25, 0.3) is 0 Å². The van der Waals surface area contributed by atoms with Gasteiger partial charge in [-0.05, 0) is 69.7 Å². The molecule has 1 atom stereocenters. The first-order chi connectivity index (χ1) is 18.6. The third-order valence-electron chi connectivity index (χ3n) is 5.81. The lowest BCUT2D eigenvalue weighted by Crippen LogP contribution is -2.54. The van der Waals surface area contributed by atoms with E-state index in [0.29, 0.717) is 10.6 Å². The van der Waals surface area contributed by atoms with Crippen molar-refractivity contribution < 1.29 is 18.0 Å². The average Bonchev–Trinajstić information content (AvgIpc) is 2.88. The maximum absolute atomic E-state index is 14.0. The summed E-state index contributed by atoms with van der Waals surface area (Å²) in [5, 5.41) is 3.55. The number of hydrogen-bond donors (Lipinski definition) is 1. The monoisotopic (exact) mass is 643 g/mol. The van der Waals surface area contributed by atoms with E-state index in [1.165, 1.54) is 35.2 Å². The molecular weight excluding hydrogens is 616 g/mol. The first-order valence-electron chi connectivity index (χ1n) is 12.2. The Labute approximate surface area is 255 Å². The van der Waals surface area contributed by atoms with Crippen LogP contribution in [0.4, 0.5) is 5.69 Å². The van der Waals surface area contributed by atoms with Crippen LogP contribution in [0.3, 0.4) is 0 Å². The average molecular weight is 645 g/mol. The van der Waals surface area contributed by atoms with Gasteiger partial charge in [0.1, 0.15) is 12.6 Å². The smallest absolute Gasteiger partial charge is 0.264 e. The molecule has 3 rings (SSSR count). The van der Waals surface area contributed by atoms with Gasteiger partial charge in [-0.2, -0.15) is 0 Å². The number of carbonyl (C=O) groups excluding carboxylic acids is 2. The highest BCUT2D eigenvalue weighted by molar-refractivity contribution is 7.92. The van der Waals surface area contributed by atoms with E-state index in [1.54, 1.807) is 43.3 Å². The third kappa shape index (κ3) is 7.83. The molecule has 40 heavy (non-hydrogen) atoms. The molecule has 1 N–H and O–H groups in total. The minimum Gasteiger partial charge on any atom is -0.350 e. The van der Waals surface area contributed by atoms with Crippen LogP contribution in [0.1, 0.15) is 33.3 Å². The predicted octanol–water partition coefficient (Wildman–Crippen LogP) is 6.83. The van der Waals surface area contributed by atoms with E-state index in [9.17, 15) is 18.0 Å². The Kier molecular flexibility index (Phi) is 10.4. The summed E-state index contributed by atoms with van der Waals surface area (Å²) in [7, 11) is -4.28. The fourth-order valence-corrected chi connectivity index (χ4v) is 6.02. The molecular formula is C28H29Cl4N3O4S. The minimum atomic E-state index is -4.28. The van der Waals surface area contributed by atoms with E-state index in [2.05, 4.69) is 5.32 Å². The van der Waals surface area contributed by atoms with Crippen LogP contribution < -0.4 is 9.62 Å². The van der Waals surface area contributed by atoms with Gasteiger partial charge in [0.05, 0.1) is 30.7 Å². The Hall–Kier alpha value is -2.49. The summed E-state index contributed by atoms with van der Waals surface area (Å²) in [5.41, 5.74) is 0.0461. The van der Waals surface area contributed by atoms with E-state index >= 15 is 0 Å². The number of rotatable bonds is 9. The standard InChI is InChI=1S/C28H29Cl4N3O4S/c1-18(27(37)33-28(2,3)4)34(16-19-13-14-21(29)23(31)15-19)25(36)17-35(24-12-8-11-22(30)26(24)32)40(38,39)20-9-6-5-7-10-20/h5-15,18H,16-17H2,1-4H3,(H,33,37)/t18-/m0/s1. The second-order valence-electron chi connectivity index (χ2n) is 10.1. The second-order valence-corrected chi connectivity index (χ2v) is 13.5. The zero-order chi connectivity index (χ0) is 29.8. The number of nitrogens with one attached hydrogen (secondary N) is 1. The van der Waals surface area contributed by atoms with E-state index in [4.69, 9.17) is 46.4 Å². The lowest BCUT2D eigenvalue weighted by Gasteiger charge is -2.33. The quantitative estimate of drug-likeness (QED) is 0.277. The molecule has 0 aliphatic rings. The second kappa shape index (κ2) is 13.0. The number of carbonyl (C=O) groups is 2. The molecule has 214 valence electrons. The summed E-state index contributed by atoms with van der Waals surface area (Å²) < 4.78 is 28.6. The summed E-state index contributed by atoms with van der Waals surface area (Å²) >= 11 is 24.9. The van der Waals surface area contributed by atoms with Gasteiger partial charge in [-0.1, -0.05) is 76.7 Å². The van der Waals surface area contributed by atoms with Crippen molar-refractivity contribution in [2.75, 3.05) is 10.8 Å². The van der Waals surface area contributed by atoms with Crippen molar-refractivity contribution in [1.29, 1.82) is 0 Å². The Morgan fingerprint density at radius 1 is 0.875 bits per heavy atom. The van der Waals surface area contributed by atoms with Crippen LogP contribution in [0.2, 0.25) is 20.1 Å². The SMILES string of the molecule is C[C@@H](C(=O)NC(C)(C)C)N(Cc1ccc(Cl)c(Cl)c1)C(=O)CN(c1cccc(Cl)c1Cl)S(=O)(=O)c1ccccc1. The van der Waals surface area contributed by atoms with Gasteiger partial charge in [-0.3, -0.25) is 13.9 Å². The molecule has 0 bridgehead atoms. The molecule has 0 aromatic heterocycles. The Balaban J connectivity index is 2.08. The van der Waals surface area contributed by atoms with Crippen LogP contribution in [0.5, 0.6) is 0 Å². The van der Waals surface area contributed by atoms with Gasteiger partial charge in [-0.15, -0.1) is 0 Å². The van der Waals surface area contributed by atoms with Gasteiger partial charge in [0.15, 0.2) is 0 Å². The highest BCUT2D eigenvalue weighted by Gasteiger charge is 2.34. The highest BCUT2D eigenvalue weighted by Crippen LogP contribution is 2.35. The van der Waals surface area contributed by atoms with Crippen molar-refractivity contribution in [3.05, 3.63) is 92.4 Å². The Morgan fingerprint density at radius 3 is 2.12 bits per heavy atom. The molecule has 2 amide bonds. The van der Waals surface area contributed by atoms with Gasteiger partial charge in [-0.25, -0.2) is 8.42 Å². The highest BCUT2D eigenvalue weighted by atomic mass is 35.5. The molecule has 0 aliphatic heterocycles. The lowest BCUT2D eigenvalue weighted by atomic mass is 10.1. The van der Waals surface area contributed by atoms with Crippen LogP contribution >= 0.6 is 46.4 Å². The first-order valence-corrected chi connectivity index (χ1v) is 15.1. The molecule has 0 spiro atoms. The van der Waals surface area contributed by atoms with Crippen LogP contribution in [0.15, 0.2) is 71.6 Å². The summed E-state index contributed by atoms with van der Waals surface area (Å²) in [4.78, 5) is 28.4. The molecule has 0 saturated carbocycles. The van der Waals surface area contributed by atoms with Crippen molar-refractivity contribution in [3.63, 3.8) is 0 Å². The summed E-state index contributed by atoms with van der Waals surface area (Å²) in [6.07, 6.45) is 0. The number of nitrogens with zero attached hydrogens (tertiary/aromatic N) is 2. The van der Waals surface area contributed by atoms with Crippen LogP contribution in [-0.4, -0.2) is 43.3 Å². The van der Waals surface area contributed by atoms with Crippen molar-refractivity contribution in [3.8, 4) is 0 Å². The van der Waals surface area contributed by atoms with E-state index in [-0.39, 0.29) is 32.2 Å². The van der Waals surface area contributed by atoms with Crippen LogP contribution in [-0.2, 0) is 26.2 Å².